The van der Waals surface area contributed by atoms with E-state index in [9.17, 15) is 0 Å². The largest absolute Gasteiger partial charge is 0.271 e. The van der Waals surface area contributed by atoms with Crippen molar-refractivity contribution in [2.24, 2.45) is 0 Å². The Balaban J connectivity index is 1.79. The Kier molecular flexibility index (Phi) is 3.11. The fourth-order valence-electron chi connectivity index (χ4n) is 1.93. The summed E-state index contributed by atoms with van der Waals surface area (Å²) in [6.45, 7) is 0.851. The Morgan fingerprint density at radius 2 is 2.11 bits per heavy atom. The summed E-state index contributed by atoms with van der Waals surface area (Å²) in [5.41, 5.74) is 2.11. The molecular weight excluding hydrogens is 290 g/mol. The second kappa shape index (κ2) is 4.90. The average molecular weight is 302 g/mol. The predicted molar refractivity (Wildman–Crippen MR) is 75.4 cm³/mol. The first-order valence-electron chi connectivity index (χ1n) is 5.84. The van der Waals surface area contributed by atoms with Gasteiger partial charge in [0.1, 0.15) is 0 Å². The molecule has 0 radical (unpaired) electrons. The van der Waals surface area contributed by atoms with E-state index in [2.05, 4.69) is 38.3 Å². The van der Waals surface area contributed by atoms with Crippen molar-refractivity contribution in [2.75, 3.05) is 0 Å². The van der Waals surface area contributed by atoms with Crippen LogP contribution in [0.5, 0.6) is 0 Å². The van der Waals surface area contributed by atoms with Gasteiger partial charge in [0.25, 0.3) is 0 Å². The average Bonchev–Trinajstić information content (AvgIpc) is 2.79. The Labute approximate surface area is 114 Å². The number of benzene rings is 1. The van der Waals surface area contributed by atoms with Gasteiger partial charge in [0, 0.05) is 40.9 Å². The van der Waals surface area contributed by atoms with E-state index in [1.54, 1.807) is 0 Å². The Bertz CT molecular complexity index is 661. The zero-order valence-electron chi connectivity index (χ0n) is 9.75. The van der Waals surface area contributed by atoms with E-state index in [4.69, 9.17) is 0 Å². The van der Waals surface area contributed by atoms with Crippen molar-refractivity contribution in [1.29, 1.82) is 0 Å². The maximum absolute atomic E-state index is 4.55. The standard InChI is InChI=1S/C14H12BrN3/c15-12-5-4-11-10-18(17-14(11)9-12)8-6-13-3-1-2-7-16-13/h1-5,7,9-10H,6,8H2. The molecule has 1 aromatic carbocycles. The number of rotatable bonds is 3. The number of pyridine rings is 1. The molecule has 0 amide bonds. The predicted octanol–water partition coefficient (Wildman–Crippen LogP) is 3.44. The fourth-order valence-corrected chi connectivity index (χ4v) is 2.28. The zero-order valence-corrected chi connectivity index (χ0v) is 11.3. The zero-order chi connectivity index (χ0) is 12.4. The second-order valence-corrected chi connectivity index (χ2v) is 5.08. The number of fused-ring (bicyclic) bond motifs is 1. The highest BCUT2D eigenvalue weighted by atomic mass is 79.9. The Morgan fingerprint density at radius 1 is 1.17 bits per heavy atom. The van der Waals surface area contributed by atoms with Crippen LogP contribution in [0.3, 0.4) is 0 Å². The molecule has 0 atom stereocenters. The third-order valence-corrected chi connectivity index (χ3v) is 3.33. The highest BCUT2D eigenvalue weighted by molar-refractivity contribution is 9.10. The Morgan fingerprint density at radius 3 is 2.94 bits per heavy atom. The molecule has 0 saturated heterocycles. The number of aryl methyl sites for hydroxylation is 2. The minimum Gasteiger partial charge on any atom is -0.271 e. The first-order valence-corrected chi connectivity index (χ1v) is 6.63. The van der Waals surface area contributed by atoms with Gasteiger partial charge in [-0.05, 0) is 24.3 Å². The topological polar surface area (TPSA) is 30.7 Å². The molecule has 0 saturated carbocycles. The highest BCUT2D eigenvalue weighted by Gasteiger charge is 2.01. The molecule has 2 heterocycles. The van der Waals surface area contributed by atoms with Gasteiger partial charge in [-0.3, -0.25) is 9.67 Å². The summed E-state index contributed by atoms with van der Waals surface area (Å²) < 4.78 is 3.04. The van der Waals surface area contributed by atoms with Gasteiger partial charge in [-0.15, -0.1) is 0 Å². The van der Waals surface area contributed by atoms with Crippen LogP contribution in [0.1, 0.15) is 5.69 Å². The first-order chi connectivity index (χ1) is 8.81. The van der Waals surface area contributed by atoms with Crippen LogP contribution in [0, 0.1) is 0 Å². The minimum atomic E-state index is 0.851. The maximum atomic E-state index is 4.55. The van der Waals surface area contributed by atoms with E-state index in [0.717, 1.165) is 28.6 Å². The number of nitrogens with zero attached hydrogens (tertiary/aromatic N) is 3. The van der Waals surface area contributed by atoms with Crippen LogP contribution in [0.25, 0.3) is 10.9 Å². The summed E-state index contributed by atoms with van der Waals surface area (Å²) in [6.07, 6.45) is 4.80. The Hall–Kier alpha value is -1.68. The molecule has 4 heteroatoms. The summed E-state index contributed by atoms with van der Waals surface area (Å²) in [6, 6.07) is 12.1. The molecule has 0 bridgehead atoms. The van der Waals surface area contributed by atoms with Crippen LogP contribution >= 0.6 is 15.9 Å². The molecule has 0 spiro atoms. The van der Waals surface area contributed by atoms with Crippen molar-refractivity contribution in [3.8, 4) is 0 Å². The van der Waals surface area contributed by atoms with Gasteiger partial charge >= 0.3 is 0 Å². The summed E-state index contributed by atoms with van der Waals surface area (Å²) in [5.74, 6) is 0. The van der Waals surface area contributed by atoms with Gasteiger partial charge in [-0.25, -0.2) is 0 Å². The van der Waals surface area contributed by atoms with Crippen molar-refractivity contribution in [1.82, 2.24) is 14.8 Å². The number of halogens is 1. The van der Waals surface area contributed by atoms with Crippen molar-refractivity contribution in [3.05, 3.63) is 59.0 Å². The molecule has 0 aliphatic rings. The van der Waals surface area contributed by atoms with Crippen LogP contribution in [0.4, 0.5) is 0 Å². The molecule has 0 N–H and O–H groups in total. The normalized spacial score (nSPS) is 10.9. The molecule has 0 unspecified atom stereocenters. The lowest BCUT2D eigenvalue weighted by atomic mass is 10.2. The molecule has 2 aromatic heterocycles. The fraction of sp³-hybridized carbons (Fsp3) is 0.143. The van der Waals surface area contributed by atoms with Gasteiger partial charge in [-0.2, -0.15) is 5.10 Å². The highest BCUT2D eigenvalue weighted by Crippen LogP contribution is 2.18. The van der Waals surface area contributed by atoms with Gasteiger partial charge in [0.2, 0.25) is 0 Å². The maximum Gasteiger partial charge on any atom is 0.0934 e. The van der Waals surface area contributed by atoms with E-state index in [-0.39, 0.29) is 0 Å². The van der Waals surface area contributed by atoms with E-state index >= 15 is 0 Å². The van der Waals surface area contributed by atoms with Crippen LogP contribution < -0.4 is 0 Å². The lowest BCUT2D eigenvalue weighted by Gasteiger charge is -2.00. The third-order valence-electron chi connectivity index (χ3n) is 2.84. The van der Waals surface area contributed by atoms with Crippen molar-refractivity contribution in [2.45, 2.75) is 13.0 Å². The van der Waals surface area contributed by atoms with Crippen LogP contribution in [-0.4, -0.2) is 14.8 Å². The van der Waals surface area contributed by atoms with Crippen molar-refractivity contribution >= 4 is 26.8 Å². The minimum absolute atomic E-state index is 0.851. The molecular formula is C14H12BrN3. The van der Waals surface area contributed by atoms with E-state index in [1.165, 1.54) is 5.39 Å². The summed E-state index contributed by atoms with van der Waals surface area (Å²) in [4.78, 5) is 4.31. The first kappa shape index (κ1) is 11.4. The summed E-state index contributed by atoms with van der Waals surface area (Å²) >= 11 is 3.46. The van der Waals surface area contributed by atoms with Crippen LogP contribution in [0.15, 0.2) is 53.3 Å². The van der Waals surface area contributed by atoms with Crippen LogP contribution in [0.2, 0.25) is 0 Å². The lowest BCUT2D eigenvalue weighted by Crippen LogP contribution is -2.02. The third kappa shape index (κ3) is 2.43. The lowest BCUT2D eigenvalue weighted by molar-refractivity contribution is 0.614. The van der Waals surface area contributed by atoms with Crippen molar-refractivity contribution < 1.29 is 0 Å². The van der Waals surface area contributed by atoms with Gasteiger partial charge < -0.3 is 0 Å². The molecule has 0 fully saturated rings. The molecule has 90 valence electrons. The van der Waals surface area contributed by atoms with Gasteiger partial charge in [-0.1, -0.05) is 28.1 Å². The number of hydrogen-bond donors (Lipinski definition) is 0. The summed E-state index contributed by atoms with van der Waals surface area (Å²) in [5, 5.41) is 5.71. The molecule has 0 aliphatic carbocycles. The molecule has 18 heavy (non-hydrogen) atoms. The molecule has 3 rings (SSSR count). The van der Waals surface area contributed by atoms with E-state index in [0.29, 0.717) is 0 Å². The smallest absolute Gasteiger partial charge is 0.0934 e. The second-order valence-electron chi connectivity index (χ2n) is 4.17. The van der Waals surface area contributed by atoms with E-state index in [1.807, 2.05) is 41.2 Å². The SMILES string of the molecule is Brc1ccc2cn(CCc3ccccn3)nc2c1. The molecule has 0 aliphatic heterocycles. The molecule has 3 aromatic rings. The number of hydrogen-bond acceptors (Lipinski definition) is 2. The van der Waals surface area contributed by atoms with Crippen LogP contribution in [-0.2, 0) is 13.0 Å². The van der Waals surface area contributed by atoms with Gasteiger partial charge in [0.15, 0.2) is 0 Å². The van der Waals surface area contributed by atoms with Gasteiger partial charge in [0.05, 0.1) is 5.52 Å². The number of aromatic nitrogens is 3. The van der Waals surface area contributed by atoms with E-state index < -0.39 is 0 Å². The quantitative estimate of drug-likeness (QED) is 0.742. The van der Waals surface area contributed by atoms with Crippen molar-refractivity contribution in [3.63, 3.8) is 0 Å². The molecule has 3 nitrogen and oxygen atoms in total. The summed E-state index contributed by atoms with van der Waals surface area (Å²) in [7, 11) is 0. The monoisotopic (exact) mass is 301 g/mol.